The van der Waals surface area contributed by atoms with E-state index in [2.05, 4.69) is 21.0 Å². The molecule has 0 saturated carbocycles. The van der Waals surface area contributed by atoms with Crippen molar-refractivity contribution in [1.29, 1.82) is 0 Å². The Morgan fingerprint density at radius 3 is 2.54 bits per heavy atom. The quantitative estimate of drug-likeness (QED) is 0.817. The van der Waals surface area contributed by atoms with E-state index in [9.17, 15) is 13.9 Å². The van der Waals surface area contributed by atoms with E-state index in [0.29, 0.717) is 5.69 Å². The number of alkyl halides is 3. The maximum Gasteiger partial charge on any atom is 0.330 e. The summed E-state index contributed by atoms with van der Waals surface area (Å²) in [5.74, 6) is 0. The number of aromatic nitrogens is 2. The maximum atomic E-state index is 12.6. The molecule has 1 aromatic heterocycles. The molecule has 1 unspecified atom stereocenters. The predicted molar refractivity (Wildman–Crippen MR) is 46.8 cm³/mol. The molecule has 1 atom stereocenters. The third kappa shape index (κ3) is 2.25. The van der Waals surface area contributed by atoms with E-state index in [1.165, 1.54) is 10.9 Å². The molecule has 0 radical (unpaired) electrons. The summed E-state index contributed by atoms with van der Waals surface area (Å²) in [7, 11) is 1.61. The van der Waals surface area contributed by atoms with Crippen LogP contribution < -0.4 is 0 Å². The molecule has 6 heteroatoms. The highest BCUT2D eigenvalue weighted by atomic mass is 79.9. The van der Waals surface area contributed by atoms with Gasteiger partial charge in [0.2, 0.25) is 0 Å². The summed E-state index contributed by atoms with van der Waals surface area (Å²) in [6.07, 6.45) is -0.490. The summed E-state index contributed by atoms with van der Waals surface area (Å²) in [5.41, 5.74) is 0.526. The van der Waals surface area contributed by atoms with Gasteiger partial charge in [0.05, 0.1) is 5.69 Å². The lowest BCUT2D eigenvalue weighted by Gasteiger charge is -2.15. The van der Waals surface area contributed by atoms with Crippen molar-refractivity contribution < 1.29 is 13.9 Å². The number of halogens is 3. The zero-order valence-corrected chi connectivity index (χ0v) is 8.72. The molecule has 0 bridgehead atoms. The fraction of sp³-hybridized carbons (Fsp3) is 0.571. The molecule has 0 aliphatic carbocycles. The van der Waals surface area contributed by atoms with Crippen LogP contribution in [0.4, 0.5) is 8.78 Å². The number of aliphatic hydroxyl groups is 1. The third-order valence-corrected chi connectivity index (χ3v) is 2.09. The molecule has 1 rings (SSSR count). The van der Waals surface area contributed by atoms with Crippen LogP contribution in [0.15, 0.2) is 6.20 Å². The first-order valence-electron chi connectivity index (χ1n) is 3.57. The SMILES string of the molecule is Cc1nn(C)cc1C(O)C(F)(F)Br. The molecule has 0 fully saturated rings. The highest BCUT2D eigenvalue weighted by molar-refractivity contribution is 9.10. The van der Waals surface area contributed by atoms with Gasteiger partial charge < -0.3 is 5.11 Å². The fourth-order valence-corrected chi connectivity index (χ4v) is 1.31. The standard InChI is InChI=1S/C7H9BrF2N2O/c1-4-5(3-12(2)11-4)6(13)7(8,9)10/h3,6,13H,1-2H3. The van der Waals surface area contributed by atoms with Gasteiger partial charge in [0.15, 0.2) is 6.10 Å². The number of hydrogen-bond acceptors (Lipinski definition) is 2. The second-order valence-electron chi connectivity index (χ2n) is 2.79. The second kappa shape index (κ2) is 3.34. The van der Waals surface area contributed by atoms with Crippen LogP contribution in [-0.2, 0) is 7.05 Å². The Morgan fingerprint density at radius 2 is 2.23 bits per heavy atom. The summed E-state index contributed by atoms with van der Waals surface area (Å²) in [6.45, 7) is 1.57. The van der Waals surface area contributed by atoms with Crippen LogP contribution in [0.2, 0.25) is 0 Å². The Balaban J connectivity index is 3.01. The van der Waals surface area contributed by atoms with Gasteiger partial charge in [-0.2, -0.15) is 13.9 Å². The summed E-state index contributed by atoms with van der Waals surface area (Å²) >= 11 is 2.10. The lowest BCUT2D eigenvalue weighted by molar-refractivity contribution is -0.0298. The van der Waals surface area contributed by atoms with Crippen molar-refractivity contribution in [1.82, 2.24) is 9.78 Å². The van der Waals surface area contributed by atoms with Crippen LogP contribution >= 0.6 is 15.9 Å². The van der Waals surface area contributed by atoms with Crippen molar-refractivity contribution in [2.24, 2.45) is 7.05 Å². The molecule has 0 aromatic carbocycles. The van der Waals surface area contributed by atoms with Gasteiger partial charge in [-0.05, 0) is 22.9 Å². The van der Waals surface area contributed by atoms with Crippen molar-refractivity contribution in [2.75, 3.05) is 0 Å². The van der Waals surface area contributed by atoms with Crippen LogP contribution in [0.25, 0.3) is 0 Å². The Bertz CT molecular complexity index is 308. The molecule has 1 N–H and O–H groups in total. The number of nitrogens with zero attached hydrogens (tertiary/aromatic N) is 2. The molecule has 0 aliphatic heterocycles. The molecular formula is C7H9BrF2N2O. The smallest absolute Gasteiger partial charge is 0.330 e. The van der Waals surface area contributed by atoms with Gasteiger partial charge in [-0.1, -0.05) is 0 Å². The van der Waals surface area contributed by atoms with Gasteiger partial charge in [-0.3, -0.25) is 4.68 Å². The molecule has 1 heterocycles. The van der Waals surface area contributed by atoms with E-state index in [1.807, 2.05) is 0 Å². The number of rotatable bonds is 2. The molecule has 1 aromatic rings. The van der Waals surface area contributed by atoms with Gasteiger partial charge in [-0.25, -0.2) is 0 Å². The zero-order chi connectivity index (χ0) is 10.2. The third-order valence-electron chi connectivity index (χ3n) is 1.66. The van der Waals surface area contributed by atoms with Crippen molar-refractivity contribution in [3.63, 3.8) is 0 Å². The molecule has 0 amide bonds. The first kappa shape index (κ1) is 10.6. The second-order valence-corrected chi connectivity index (χ2v) is 3.84. The minimum absolute atomic E-state index is 0.129. The molecular weight excluding hydrogens is 246 g/mol. The minimum atomic E-state index is -3.32. The highest BCUT2D eigenvalue weighted by Crippen LogP contribution is 2.37. The van der Waals surface area contributed by atoms with Gasteiger partial charge in [-0.15, -0.1) is 0 Å². The van der Waals surface area contributed by atoms with Crippen LogP contribution in [0.1, 0.15) is 17.4 Å². The predicted octanol–water partition coefficient (Wildman–Crippen LogP) is 1.75. The van der Waals surface area contributed by atoms with Crippen LogP contribution in [0, 0.1) is 6.92 Å². The number of aryl methyl sites for hydroxylation is 2. The summed E-state index contributed by atoms with van der Waals surface area (Å²) < 4.78 is 26.6. The van der Waals surface area contributed by atoms with Crippen molar-refractivity contribution in [3.05, 3.63) is 17.5 Å². The largest absolute Gasteiger partial charge is 0.381 e. The van der Waals surface area contributed by atoms with Gasteiger partial charge in [0.25, 0.3) is 0 Å². The number of aliphatic hydroxyl groups excluding tert-OH is 1. The first-order chi connectivity index (χ1) is 5.82. The van der Waals surface area contributed by atoms with E-state index in [4.69, 9.17) is 0 Å². The minimum Gasteiger partial charge on any atom is -0.381 e. The number of hydrogen-bond donors (Lipinski definition) is 1. The summed E-state index contributed by atoms with van der Waals surface area (Å²) in [6, 6.07) is 0. The van der Waals surface area contributed by atoms with Crippen molar-refractivity contribution >= 4 is 15.9 Å². The summed E-state index contributed by atoms with van der Waals surface area (Å²) in [5, 5.41) is 13.0. The summed E-state index contributed by atoms with van der Waals surface area (Å²) in [4.78, 5) is -3.32. The van der Waals surface area contributed by atoms with E-state index in [0.717, 1.165) is 0 Å². The van der Waals surface area contributed by atoms with E-state index in [-0.39, 0.29) is 5.56 Å². The van der Waals surface area contributed by atoms with Crippen LogP contribution in [0.3, 0.4) is 0 Å². The lowest BCUT2D eigenvalue weighted by atomic mass is 10.1. The molecule has 13 heavy (non-hydrogen) atoms. The Morgan fingerprint density at radius 1 is 1.69 bits per heavy atom. The molecule has 3 nitrogen and oxygen atoms in total. The average molecular weight is 255 g/mol. The van der Waals surface area contributed by atoms with Crippen molar-refractivity contribution in [3.8, 4) is 0 Å². The highest BCUT2D eigenvalue weighted by Gasteiger charge is 2.37. The first-order valence-corrected chi connectivity index (χ1v) is 4.36. The van der Waals surface area contributed by atoms with Gasteiger partial charge >= 0.3 is 4.83 Å². The Kier molecular flexibility index (Phi) is 2.72. The topological polar surface area (TPSA) is 38.0 Å². The van der Waals surface area contributed by atoms with Crippen LogP contribution in [-0.4, -0.2) is 19.7 Å². The normalized spacial score (nSPS) is 14.6. The van der Waals surface area contributed by atoms with Crippen molar-refractivity contribution in [2.45, 2.75) is 17.9 Å². The van der Waals surface area contributed by atoms with E-state index < -0.39 is 10.9 Å². The Labute approximate surface area is 82.5 Å². The molecule has 0 saturated heterocycles. The van der Waals surface area contributed by atoms with Crippen LogP contribution in [0.5, 0.6) is 0 Å². The van der Waals surface area contributed by atoms with Gasteiger partial charge in [0.1, 0.15) is 0 Å². The molecule has 0 aliphatic rings. The molecule has 0 spiro atoms. The average Bonchev–Trinajstić information content (AvgIpc) is 2.26. The lowest BCUT2D eigenvalue weighted by Crippen LogP contribution is -2.18. The van der Waals surface area contributed by atoms with E-state index >= 15 is 0 Å². The van der Waals surface area contributed by atoms with E-state index in [1.54, 1.807) is 14.0 Å². The monoisotopic (exact) mass is 254 g/mol. The fourth-order valence-electron chi connectivity index (χ4n) is 1.06. The zero-order valence-electron chi connectivity index (χ0n) is 7.13. The Hall–Kier alpha value is -0.490. The van der Waals surface area contributed by atoms with Gasteiger partial charge in [0, 0.05) is 18.8 Å². The molecule has 74 valence electrons. The maximum absolute atomic E-state index is 12.6.